The molecule has 0 amide bonds. The lowest BCUT2D eigenvalue weighted by Crippen LogP contribution is -2.32. The van der Waals surface area contributed by atoms with Crippen molar-refractivity contribution < 1.29 is 9.47 Å². The molecule has 3 rings (SSSR count). The van der Waals surface area contributed by atoms with Crippen molar-refractivity contribution in [1.82, 2.24) is 0 Å². The van der Waals surface area contributed by atoms with Crippen molar-refractivity contribution in [3.05, 3.63) is 68.7 Å². The first kappa shape index (κ1) is 18.3. The second kappa shape index (κ2) is 7.03. The van der Waals surface area contributed by atoms with Crippen LogP contribution >= 0.6 is 0 Å². The van der Waals surface area contributed by atoms with Crippen molar-refractivity contribution in [2.75, 3.05) is 14.2 Å². The average Bonchev–Trinajstić information content (AvgIpc) is 2.87. The summed E-state index contributed by atoms with van der Waals surface area (Å²) in [6, 6.07) is 2.00. The Kier molecular flexibility index (Phi) is 4.95. The van der Waals surface area contributed by atoms with Crippen LogP contribution < -0.4 is 19.9 Å². The summed E-state index contributed by atoms with van der Waals surface area (Å²) in [6.07, 6.45) is 11.2. The van der Waals surface area contributed by atoms with Gasteiger partial charge in [-0.25, -0.2) is 0 Å². The van der Waals surface area contributed by atoms with Gasteiger partial charge in [-0.05, 0) is 65.3 Å². The average molecular weight is 348 g/mol. The van der Waals surface area contributed by atoms with E-state index in [2.05, 4.69) is 65.0 Å². The maximum Gasteiger partial charge on any atom is 0.131 e. The van der Waals surface area contributed by atoms with Gasteiger partial charge >= 0.3 is 0 Å². The van der Waals surface area contributed by atoms with Crippen LogP contribution in [0.25, 0.3) is 11.6 Å². The molecule has 26 heavy (non-hydrogen) atoms. The van der Waals surface area contributed by atoms with Crippen molar-refractivity contribution in [3.63, 3.8) is 0 Å². The molecule has 0 heterocycles. The Labute approximate surface area is 156 Å². The molecular formula is C24H28O2. The van der Waals surface area contributed by atoms with Crippen molar-refractivity contribution >= 4 is 11.6 Å². The molecule has 1 aromatic carbocycles. The summed E-state index contributed by atoms with van der Waals surface area (Å²) >= 11 is 0. The van der Waals surface area contributed by atoms with Gasteiger partial charge in [0.1, 0.15) is 11.5 Å². The Hall–Kier alpha value is -2.48. The summed E-state index contributed by atoms with van der Waals surface area (Å²) in [5.74, 6) is 2.18. The molecule has 0 bridgehead atoms. The van der Waals surface area contributed by atoms with Gasteiger partial charge < -0.3 is 9.47 Å². The summed E-state index contributed by atoms with van der Waals surface area (Å²) in [5, 5.41) is 2.32. The first-order valence-corrected chi connectivity index (χ1v) is 9.14. The second-order valence-electron chi connectivity index (χ2n) is 7.32. The first-order valence-electron chi connectivity index (χ1n) is 9.14. The summed E-state index contributed by atoms with van der Waals surface area (Å²) < 4.78 is 11.4. The zero-order valence-corrected chi connectivity index (χ0v) is 16.9. The number of rotatable bonds is 3. The van der Waals surface area contributed by atoms with E-state index in [1.807, 2.05) is 6.07 Å². The Morgan fingerprint density at radius 2 is 1.46 bits per heavy atom. The van der Waals surface area contributed by atoms with Gasteiger partial charge in [-0.1, -0.05) is 44.2 Å². The van der Waals surface area contributed by atoms with Crippen LogP contribution in [0.15, 0.2) is 52.7 Å². The Balaban J connectivity index is 2.54. The lowest BCUT2D eigenvalue weighted by atomic mass is 9.90. The number of benzene rings is 1. The predicted molar refractivity (Wildman–Crippen MR) is 110 cm³/mol. The maximum absolute atomic E-state index is 5.80. The summed E-state index contributed by atoms with van der Waals surface area (Å²) in [4.78, 5) is 0. The van der Waals surface area contributed by atoms with E-state index < -0.39 is 0 Å². The fraction of sp³-hybridized carbons (Fsp3) is 0.333. The number of hydrogen-bond acceptors (Lipinski definition) is 2. The summed E-state index contributed by atoms with van der Waals surface area (Å²) in [6.45, 7) is 11.0. The van der Waals surface area contributed by atoms with Gasteiger partial charge in [-0.2, -0.15) is 0 Å². The normalized spacial score (nSPS) is 16.2. The Bertz CT molecular complexity index is 996. The second-order valence-corrected chi connectivity index (χ2v) is 7.32. The van der Waals surface area contributed by atoms with Gasteiger partial charge in [0.2, 0.25) is 0 Å². The van der Waals surface area contributed by atoms with Crippen LogP contribution in [-0.4, -0.2) is 14.2 Å². The highest BCUT2D eigenvalue weighted by Gasteiger charge is 2.20. The van der Waals surface area contributed by atoms with E-state index in [4.69, 9.17) is 9.47 Å². The molecule has 0 fully saturated rings. The number of ether oxygens (including phenoxy) is 2. The van der Waals surface area contributed by atoms with Gasteiger partial charge in [-0.3, -0.25) is 0 Å². The highest BCUT2D eigenvalue weighted by molar-refractivity contribution is 5.87. The SMILES string of the molecule is COc1cc(OC)c2c(c1C)=CC=C(C)C1=CC(C(C)C)=CC=C(C)C=21. The van der Waals surface area contributed by atoms with Crippen molar-refractivity contribution in [1.29, 1.82) is 0 Å². The van der Waals surface area contributed by atoms with Gasteiger partial charge in [0.25, 0.3) is 0 Å². The number of methoxy groups -OCH3 is 2. The molecule has 0 N–H and O–H groups in total. The van der Waals surface area contributed by atoms with Gasteiger partial charge in [0.15, 0.2) is 0 Å². The zero-order valence-electron chi connectivity index (χ0n) is 16.9. The van der Waals surface area contributed by atoms with E-state index in [0.29, 0.717) is 5.92 Å². The molecule has 0 saturated carbocycles. The maximum atomic E-state index is 5.80. The van der Waals surface area contributed by atoms with Crippen LogP contribution in [-0.2, 0) is 0 Å². The zero-order chi connectivity index (χ0) is 19.0. The summed E-state index contributed by atoms with van der Waals surface area (Å²) in [7, 11) is 3.44. The smallest absolute Gasteiger partial charge is 0.131 e. The van der Waals surface area contributed by atoms with Gasteiger partial charge in [0.05, 0.1) is 14.2 Å². The van der Waals surface area contributed by atoms with Crippen LogP contribution in [0.4, 0.5) is 0 Å². The Morgan fingerprint density at radius 3 is 2.08 bits per heavy atom. The van der Waals surface area contributed by atoms with E-state index in [1.54, 1.807) is 14.2 Å². The van der Waals surface area contributed by atoms with E-state index >= 15 is 0 Å². The Morgan fingerprint density at radius 1 is 0.808 bits per heavy atom. The van der Waals surface area contributed by atoms with E-state index in [-0.39, 0.29) is 0 Å². The first-order chi connectivity index (χ1) is 12.4. The standard InChI is InChI=1S/C24H28O2/c1-14(2)18-10-8-16(4)23-20(12-18)15(3)9-11-19-17(5)21(25-6)13-22(26-7)24(19)23/h8-14H,1-7H3. The monoisotopic (exact) mass is 348 g/mol. The molecule has 2 aliphatic carbocycles. The fourth-order valence-electron chi connectivity index (χ4n) is 3.70. The van der Waals surface area contributed by atoms with E-state index in [0.717, 1.165) is 22.3 Å². The molecule has 0 unspecified atom stereocenters. The molecule has 2 nitrogen and oxygen atoms in total. The molecule has 1 aromatic rings. The fourth-order valence-corrected chi connectivity index (χ4v) is 3.70. The molecule has 0 aromatic heterocycles. The lowest BCUT2D eigenvalue weighted by molar-refractivity contribution is 0.389. The van der Waals surface area contributed by atoms with Crippen LogP contribution in [0.5, 0.6) is 11.5 Å². The summed E-state index contributed by atoms with van der Waals surface area (Å²) in [5.41, 5.74) is 7.51. The third-order valence-electron chi connectivity index (χ3n) is 5.33. The van der Waals surface area contributed by atoms with E-state index in [9.17, 15) is 0 Å². The molecule has 0 spiro atoms. The van der Waals surface area contributed by atoms with Crippen molar-refractivity contribution in [3.8, 4) is 11.5 Å². The number of hydrogen-bond donors (Lipinski definition) is 0. The van der Waals surface area contributed by atoms with Crippen LogP contribution in [0.2, 0.25) is 0 Å². The minimum Gasteiger partial charge on any atom is -0.496 e. The minimum atomic E-state index is 0.477. The van der Waals surface area contributed by atoms with Crippen molar-refractivity contribution in [2.45, 2.75) is 34.6 Å². The number of allylic oxidation sites excluding steroid dienone is 8. The van der Waals surface area contributed by atoms with Crippen LogP contribution in [0.3, 0.4) is 0 Å². The van der Waals surface area contributed by atoms with Crippen LogP contribution in [0.1, 0.15) is 33.3 Å². The predicted octanol–water partition coefficient (Wildman–Crippen LogP) is 4.37. The molecule has 2 aliphatic rings. The van der Waals surface area contributed by atoms with Gasteiger partial charge in [0, 0.05) is 11.3 Å². The van der Waals surface area contributed by atoms with Crippen molar-refractivity contribution in [2.24, 2.45) is 5.92 Å². The lowest BCUT2D eigenvalue weighted by Gasteiger charge is -2.16. The molecule has 0 saturated heterocycles. The molecule has 136 valence electrons. The highest BCUT2D eigenvalue weighted by atomic mass is 16.5. The highest BCUT2D eigenvalue weighted by Crippen LogP contribution is 2.33. The third kappa shape index (κ3) is 2.94. The third-order valence-corrected chi connectivity index (χ3v) is 5.33. The van der Waals surface area contributed by atoms with E-state index in [1.165, 1.54) is 33.1 Å². The molecule has 2 heteroatoms. The topological polar surface area (TPSA) is 18.5 Å². The largest absolute Gasteiger partial charge is 0.496 e. The molecular weight excluding hydrogens is 320 g/mol. The molecule has 0 radical (unpaired) electrons. The number of fused-ring (bicyclic) bond motifs is 2. The molecule has 0 aliphatic heterocycles. The minimum absolute atomic E-state index is 0.477. The van der Waals surface area contributed by atoms with Gasteiger partial charge in [-0.15, -0.1) is 0 Å². The quantitative estimate of drug-likeness (QED) is 0.807. The molecule has 0 atom stereocenters. The van der Waals surface area contributed by atoms with Crippen LogP contribution in [0, 0.1) is 12.8 Å².